The SMILES string of the molecule is Cn1ncc2ccc(-c3cccc4c3c(C3CCN(C(=O)CCC(N)=O)CC3)nn4CC(=O)NCC(=O)NCC(=O)OC(C)(C)C)cc21. The molecule has 0 bridgehead atoms. The number of hydrogen-bond acceptors (Lipinski definition) is 8. The van der Waals surface area contributed by atoms with Crippen molar-refractivity contribution in [1.29, 1.82) is 0 Å². The molecule has 4 N–H and O–H groups in total. The minimum Gasteiger partial charge on any atom is -0.459 e. The molecule has 0 saturated carbocycles. The molecule has 254 valence electrons. The number of amides is 4. The number of nitrogens with two attached hydrogens (primary N) is 1. The van der Waals surface area contributed by atoms with Crippen molar-refractivity contribution in [3.63, 3.8) is 0 Å². The van der Waals surface area contributed by atoms with Gasteiger partial charge in [-0.05, 0) is 56.9 Å². The molecule has 1 aliphatic heterocycles. The Kier molecular flexibility index (Phi) is 10.1. The fourth-order valence-corrected chi connectivity index (χ4v) is 5.99. The number of nitrogens with zero attached hydrogens (tertiary/aromatic N) is 5. The van der Waals surface area contributed by atoms with Crippen LogP contribution in [0.15, 0.2) is 42.6 Å². The second-order valence-electron chi connectivity index (χ2n) is 13.0. The third kappa shape index (κ3) is 8.17. The van der Waals surface area contributed by atoms with E-state index in [0.717, 1.165) is 38.6 Å². The second-order valence-corrected chi connectivity index (χ2v) is 13.0. The van der Waals surface area contributed by atoms with E-state index in [9.17, 15) is 24.0 Å². The minimum atomic E-state index is -0.673. The average molecular weight is 659 g/mol. The van der Waals surface area contributed by atoms with Crippen LogP contribution in [-0.2, 0) is 42.3 Å². The summed E-state index contributed by atoms with van der Waals surface area (Å²) in [7, 11) is 1.89. The molecule has 5 rings (SSSR count). The number of ether oxygens (including phenoxy) is 1. The predicted molar refractivity (Wildman–Crippen MR) is 178 cm³/mol. The summed E-state index contributed by atoms with van der Waals surface area (Å²) in [4.78, 5) is 63.0. The lowest BCUT2D eigenvalue weighted by atomic mass is 9.89. The standard InChI is InChI=1S/C34H42N8O6/c1-34(2,3)48-31(47)19-37-28(44)18-36-29(45)20-42-25-7-5-6-24(22-8-9-23-17-38-40(4)26(23)16-22)32(25)33(39-42)21-12-14-41(15-13-21)30(46)11-10-27(35)43/h5-9,16-17,21H,10-15,18-20H2,1-4H3,(H2,35,43)(H,36,45)(H,37,44). The molecular formula is C34H42N8O6. The molecule has 1 fully saturated rings. The van der Waals surface area contributed by atoms with Crippen LogP contribution >= 0.6 is 0 Å². The number of likely N-dealkylation sites (tertiary alicyclic amines) is 1. The number of aryl methyl sites for hydroxylation is 1. The van der Waals surface area contributed by atoms with E-state index in [1.165, 1.54) is 0 Å². The molecule has 3 heterocycles. The Morgan fingerprint density at radius 1 is 0.958 bits per heavy atom. The Bertz CT molecular complexity index is 1860. The summed E-state index contributed by atoms with van der Waals surface area (Å²) in [5.74, 6) is -2.11. The highest BCUT2D eigenvalue weighted by Crippen LogP contribution is 2.39. The Balaban J connectivity index is 1.37. The normalized spacial score (nSPS) is 13.9. The van der Waals surface area contributed by atoms with Crippen LogP contribution in [-0.4, -0.2) is 85.8 Å². The molecule has 2 aromatic heterocycles. The first-order valence-electron chi connectivity index (χ1n) is 16.0. The minimum absolute atomic E-state index is 0.0113. The van der Waals surface area contributed by atoms with Gasteiger partial charge >= 0.3 is 5.97 Å². The van der Waals surface area contributed by atoms with Crippen LogP contribution in [0.25, 0.3) is 32.9 Å². The highest BCUT2D eigenvalue weighted by Gasteiger charge is 2.29. The number of benzene rings is 2. The fraction of sp³-hybridized carbons (Fsp3) is 0.441. The van der Waals surface area contributed by atoms with Gasteiger partial charge in [-0.1, -0.05) is 24.3 Å². The van der Waals surface area contributed by atoms with Crippen LogP contribution in [0, 0.1) is 0 Å². The topological polar surface area (TPSA) is 184 Å². The lowest BCUT2D eigenvalue weighted by Gasteiger charge is -2.31. The summed E-state index contributed by atoms with van der Waals surface area (Å²) >= 11 is 0. The maximum atomic E-state index is 13.1. The molecule has 0 atom stereocenters. The number of aromatic nitrogens is 4. The molecule has 2 aromatic carbocycles. The number of fused-ring (bicyclic) bond motifs is 2. The van der Waals surface area contributed by atoms with Crippen LogP contribution in [0.5, 0.6) is 0 Å². The fourth-order valence-electron chi connectivity index (χ4n) is 5.99. The number of esters is 1. The van der Waals surface area contributed by atoms with E-state index < -0.39 is 29.3 Å². The van der Waals surface area contributed by atoms with Gasteiger partial charge in [0.05, 0.1) is 29.5 Å². The van der Waals surface area contributed by atoms with Gasteiger partial charge < -0.3 is 26.0 Å². The first-order valence-corrected chi connectivity index (χ1v) is 16.0. The lowest BCUT2D eigenvalue weighted by Crippen LogP contribution is -2.41. The molecule has 1 saturated heterocycles. The van der Waals surface area contributed by atoms with E-state index in [-0.39, 0.29) is 44.3 Å². The van der Waals surface area contributed by atoms with Crippen molar-refractivity contribution in [2.75, 3.05) is 26.2 Å². The number of carbonyl (C=O) groups is 5. The molecule has 14 nitrogen and oxygen atoms in total. The number of piperidine rings is 1. The van der Waals surface area contributed by atoms with Gasteiger partial charge in [-0.15, -0.1) is 0 Å². The highest BCUT2D eigenvalue weighted by atomic mass is 16.6. The number of hydrogen-bond donors (Lipinski definition) is 3. The molecule has 48 heavy (non-hydrogen) atoms. The first-order chi connectivity index (χ1) is 22.8. The third-order valence-corrected chi connectivity index (χ3v) is 8.27. The summed E-state index contributed by atoms with van der Waals surface area (Å²) < 4.78 is 8.66. The third-order valence-electron chi connectivity index (χ3n) is 8.27. The molecular weight excluding hydrogens is 616 g/mol. The van der Waals surface area contributed by atoms with Gasteiger partial charge in [-0.25, -0.2) is 0 Å². The maximum Gasteiger partial charge on any atom is 0.325 e. The van der Waals surface area contributed by atoms with Crippen molar-refractivity contribution in [2.24, 2.45) is 12.8 Å². The van der Waals surface area contributed by atoms with Crippen LogP contribution in [0.2, 0.25) is 0 Å². The quantitative estimate of drug-likeness (QED) is 0.205. The summed E-state index contributed by atoms with van der Waals surface area (Å²) in [6.07, 6.45) is 3.25. The number of primary amides is 1. The Morgan fingerprint density at radius 2 is 1.69 bits per heavy atom. The second kappa shape index (κ2) is 14.2. The molecule has 1 aliphatic rings. The number of nitrogens with one attached hydrogen (secondary N) is 2. The van der Waals surface area contributed by atoms with Crippen LogP contribution in [0.3, 0.4) is 0 Å². The molecule has 14 heteroatoms. The maximum absolute atomic E-state index is 13.1. The Morgan fingerprint density at radius 3 is 2.40 bits per heavy atom. The zero-order chi connectivity index (χ0) is 34.6. The largest absolute Gasteiger partial charge is 0.459 e. The number of rotatable bonds is 11. The van der Waals surface area contributed by atoms with E-state index in [2.05, 4.69) is 21.8 Å². The lowest BCUT2D eigenvalue weighted by molar-refractivity contribution is -0.154. The van der Waals surface area contributed by atoms with Gasteiger partial charge in [0, 0.05) is 49.7 Å². The van der Waals surface area contributed by atoms with Gasteiger partial charge in [0.2, 0.25) is 23.6 Å². The van der Waals surface area contributed by atoms with Crippen molar-refractivity contribution in [1.82, 2.24) is 35.1 Å². The molecule has 0 spiro atoms. The van der Waals surface area contributed by atoms with Crippen LogP contribution in [0.1, 0.15) is 58.1 Å². The van der Waals surface area contributed by atoms with Crippen molar-refractivity contribution in [3.05, 3.63) is 48.3 Å². The van der Waals surface area contributed by atoms with Crippen LogP contribution < -0.4 is 16.4 Å². The van der Waals surface area contributed by atoms with Gasteiger partial charge in [0.1, 0.15) is 18.7 Å². The van der Waals surface area contributed by atoms with Gasteiger partial charge in [-0.3, -0.25) is 33.3 Å². The van der Waals surface area contributed by atoms with Crippen LogP contribution in [0.4, 0.5) is 0 Å². The van der Waals surface area contributed by atoms with E-state index >= 15 is 0 Å². The summed E-state index contributed by atoms with van der Waals surface area (Å²) in [6, 6.07) is 12.0. The summed E-state index contributed by atoms with van der Waals surface area (Å²) in [6.45, 7) is 5.48. The van der Waals surface area contributed by atoms with Crippen molar-refractivity contribution >= 4 is 51.4 Å². The average Bonchev–Trinajstić information content (AvgIpc) is 3.60. The van der Waals surface area contributed by atoms with E-state index in [0.29, 0.717) is 25.9 Å². The van der Waals surface area contributed by atoms with Crippen molar-refractivity contribution in [2.45, 2.75) is 64.5 Å². The van der Waals surface area contributed by atoms with E-state index in [1.54, 1.807) is 30.4 Å². The van der Waals surface area contributed by atoms with E-state index in [1.807, 2.05) is 48.3 Å². The van der Waals surface area contributed by atoms with Gasteiger partial charge in [0.25, 0.3) is 0 Å². The number of carbonyl (C=O) groups excluding carboxylic acids is 5. The van der Waals surface area contributed by atoms with Crippen molar-refractivity contribution in [3.8, 4) is 11.1 Å². The Hall–Kier alpha value is -5.27. The van der Waals surface area contributed by atoms with Gasteiger partial charge in [-0.2, -0.15) is 10.2 Å². The predicted octanol–water partition coefficient (Wildman–Crippen LogP) is 2.14. The molecule has 4 aromatic rings. The van der Waals surface area contributed by atoms with Gasteiger partial charge in [0.15, 0.2) is 0 Å². The molecule has 4 amide bonds. The monoisotopic (exact) mass is 658 g/mol. The smallest absolute Gasteiger partial charge is 0.325 e. The Labute approximate surface area is 277 Å². The highest BCUT2D eigenvalue weighted by molar-refractivity contribution is 6.00. The molecule has 0 radical (unpaired) electrons. The summed E-state index contributed by atoms with van der Waals surface area (Å²) in [5.41, 5.74) is 9.07. The zero-order valence-electron chi connectivity index (χ0n) is 27.7. The first kappa shape index (κ1) is 34.1. The summed E-state index contributed by atoms with van der Waals surface area (Å²) in [5, 5.41) is 16.4. The van der Waals surface area contributed by atoms with E-state index in [4.69, 9.17) is 15.6 Å². The van der Waals surface area contributed by atoms with Crippen molar-refractivity contribution < 1.29 is 28.7 Å². The zero-order valence-corrected chi connectivity index (χ0v) is 27.7. The molecule has 0 aliphatic carbocycles. The molecule has 0 unspecified atom stereocenters.